The number of piperazine rings is 1. The number of nitrogens with zero attached hydrogens (tertiary/aromatic N) is 3. The molecule has 3 heterocycles. The van der Waals surface area contributed by atoms with E-state index in [2.05, 4.69) is 57.3 Å². The Balaban J connectivity index is 1.80. The summed E-state index contributed by atoms with van der Waals surface area (Å²) in [5.41, 5.74) is 3.72. The molecular weight excluding hydrogens is 312 g/mol. The van der Waals surface area contributed by atoms with Crippen molar-refractivity contribution in [3.63, 3.8) is 0 Å². The molecule has 1 fully saturated rings. The van der Waals surface area contributed by atoms with Gasteiger partial charge in [0, 0.05) is 55.7 Å². The Labute approximate surface area is 148 Å². The van der Waals surface area contributed by atoms with Gasteiger partial charge in [-0.1, -0.05) is 0 Å². The first-order valence-electron chi connectivity index (χ1n) is 8.74. The van der Waals surface area contributed by atoms with Crippen LogP contribution in [0.25, 0.3) is 10.9 Å². The zero-order valence-corrected chi connectivity index (χ0v) is 14.8. The quantitative estimate of drug-likeness (QED) is 0.796. The van der Waals surface area contributed by atoms with E-state index in [1.165, 1.54) is 16.5 Å². The molecule has 1 atom stereocenters. The van der Waals surface area contributed by atoms with E-state index in [1.54, 1.807) is 7.11 Å². The van der Waals surface area contributed by atoms with Crippen molar-refractivity contribution in [2.24, 2.45) is 0 Å². The molecule has 2 aromatic heterocycles. The van der Waals surface area contributed by atoms with E-state index in [-0.39, 0.29) is 6.04 Å². The number of ether oxygens (including phenoxy) is 1. The lowest BCUT2D eigenvalue weighted by molar-refractivity contribution is 0.127. The molecule has 0 radical (unpaired) electrons. The molecule has 0 saturated carbocycles. The van der Waals surface area contributed by atoms with Crippen LogP contribution in [0, 0.1) is 0 Å². The van der Waals surface area contributed by atoms with Crippen molar-refractivity contribution in [2.75, 3.05) is 40.3 Å². The smallest absolute Gasteiger partial charge is 0.119 e. The van der Waals surface area contributed by atoms with Crippen molar-refractivity contribution >= 4 is 10.9 Å². The van der Waals surface area contributed by atoms with Crippen LogP contribution < -0.4 is 4.74 Å². The van der Waals surface area contributed by atoms with E-state index in [1.807, 2.05) is 18.5 Å². The van der Waals surface area contributed by atoms with E-state index >= 15 is 0 Å². The van der Waals surface area contributed by atoms with Crippen LogP contribution in [-0.4, -0.2) is 60.1 Å². The van der Waals surface area contributed by atoms with E-state index in [9.17, 15) is 0 Å². The van der Waals surface area contributed by atoms with Crippen LogP contribution in [0.1, 0.15) is 17.2 Å². The van der Waals surface area contributed by atoms with Crippen LogP contribution in [0.3, 0.4) is 0 Å². The van der Waals surface area contributed by atoms with Crippen molar-refractivity contribution in [3.05, 3.63) is 60.0 Å². The van der Waals surface area contributed by atoms with Crippen molar-refractivity contribution in [3.8, 4) is 5.75 Å². The number of H-pyrrole nitrogens is 1. The molecule has 0 bridgehead atoms. The summed E-state index contributed by atoms with van der Waals surface area (Å²) in [6.45, 7) is 4.29. The molecular formula is C20H24N4O. The molecule has 0 amide bonds. The summed E-state index contributed by atoms with van der Waals surface area (Å²) in [4.78, 5) is 12.6. The molecule has 5 nitrogen and oxygen atoms in total. The third kappa shape index (κ3) is 3.13. The van der Waals surface area contributed by atoms with E-state index < -0.39 is 0 Å². The Morgan fingerprint density at radius 1 is 1.08 bits per heavy atom. The van der Waals surface area contributed by atoms with Crippen LogP contribution in [0.15, 0.2) is 48.9 Å². The maximum atomic E-state index is 5.45. The van der Waals surface area contributed by atoms with Crippen LogP contribution in [0.4, 0.5) is 0 Å². The highest BCUT2D eigenvalue weighted by Crippen LogP contribution is 2.35. The second-order valence-electron chi connectivity index (χ2n) is 6.68. The van der Waals surface area contributed by atoms with Gasteiger partial charge >= 0.3 is 0 Å². The maximum absolute atomic E-state index is 5.45. The fraction of sp³-hybridized carbons (Fsp3) is 0.350. The second kappa shape index (κ2) is 6.86. The minimum atomic E-state index is 0.220. The molecule has 4 rings (SSSR count). The van der Waals surface area contributed by atoms with Gasteiger partial charge in [0.25, 0.3) is 0 Å². The van der Waals surface area contributed by atoms with E-state index in [0.717, 1.165) is 37.4 Å². The zero-order valence-electron chi connectivity index (χ0n) is 14.8. The standard InChI is InChI=1S/C20H24N4O/c1-23-9-11-24(12-10-23)20(15-5-7-21-8-6-15)18-14-22-19-4-3-16(25-2)13-17(18)19/h3-8,13-14,20,22H,9-12H2,1-2H3. The Morgan fingerprint density at radius 3 is 2.56 bits per heavy atom. The number of likely N-dealkylation sites (N-methyl/N-ethyl adjacent to an activating group) is 1. The number of benzene rings is 1. The summed E-state index contributed by atoms with van der Waals surface area (Å²) >= 11 is 0. The van der Waals surface area contributed by atoms with Gasteiger partial charge in [-0.3, -0.25) is 9.88 Å². The normalized spacial score (nSPS) is 17.7. The first-order chi connectivity index (χ1) is 12.3. The Kier molecular flexibility index (Phi) is 4.42. The predicted molar refractivity (Wildman–Crippen MR) is 100 cm³/mol. The topological polar surface area (TPSA) is 44.4 Å². The van der Waals surface area contributed by atoms with Crippen LogP contribution in [0.2, 0.25) is 0 Å². The lowest BCUT2D eigenvalue weighted by Crippen LogP contribution is -2.46. The Hall–Kier alpha value is -2.37. The van der Waals surface area contributed by atoms with Gasteiger partial charge in [-0.2, -0.15) is 0 Å². The van der Waals surface area contributed by atoms with Crippen LogP contribution in [-0.2, 0) is 0 Å². The van der Waals surface area contributed by atoms with Crippen molar-refractivity contribution in [1.29, 1.82) is 0 Å². The molecule has 1 unspecified atom stereocenters. The third-order valence-corrected chi connectivity index (χ3v) is 5.14. The largest absolute Gasteiger partial charge is 0.497 e. The minimum Gasteiger partial charge on any atom is -0.497 e. The average Bonchev–Trinajstić information content (AvgIpc) is 3.07. The Bertz CT molecular complexity index is 837. The second-order valence-corrected chi connectivity index (χ2v) is 6.68. The fourth-order valence-corrected chi connectivity index (χ4v) is 3.69. The predicted octanol–water partition coefficient (Wildman–Crippen LogP) is 2.91. The molecule has 1 N–H and O–H groups in total. The van der Waals surface area contributed by atoms with Gasteiger partial charge in [0.1, 0.15) is 5.75 Å². The lowest BCUT2D eigenvalue weighted by Gasteiger charge is -2.38. The van der Waals surface area contributed by atoms with Gasteiger partial charge in [-0.05, 0) is 48.5 Å². The van der Waals surface area contributed by atoms with Crippen LogP contribution >= 0.6 is 0 Å². The summed E-state index contributed by atoms with van der Waals surface area (Å²) in [5.74, 6) is 0.889. The third-order valence-electron chi connectivity index (χ3n) is 5.14. The number of hydrogen-bond donors (Lipinski definition) is 1. The summed E-state index contributed by atoms with van der Waals surface area (Å²) in [6, 6.07) is 10.7. The molecule has 5 heteroatoms. The lowest BCUT2D eigenvalue weighted by atomic mass is 9.96. The number of pyridine rings is 1. The monoisotopic (exact) mass is 336 g/mol. The number of hydrogen-bond acceptors (Lipinski definition) is 4. The highest BCUT2D eigenvalue weighted by molar-refractivity contribution is 5.85. The van der Waals surface area contributed by atoms with E-state index in [4.69, 9.17) is 4.74 Å². The first-order valence-corrected chi connectivity index (χ1v) is 8.74. The van der Waals surface area contributed by atoms with Gasteiger partial charge in [0.2, 0.25) is 0 Å². The summed E-state index contributed by atoms with van der Waals surface area (Å²) < 4.78 is 5.45. The number of methoxy groups -OCH3 is 1. The number of aromatic nitrogens is 2. The van der Waals surface area contributed by atoms with Gasteiger partial charge in [0.05, 0.1) is 13.2 Å². The SMILES string of the molecule is COc1ccc2[nH]cc(C(c3ccncc3)N3CCN(C)CC3)c2c1. The highest BCUT2D eigenvalue weighted by atomic mass is 16.5. The van der Waals surface area contributed by atoms with Crippen LogP contribution in [0.5, 0.6) is 5.75 Å². The van der Waals surface area contributed by atoms with Crippen molar-refractivity contribution < 1.29 is 4.74 Å². The number of aromatic amines is 1. The highest BCUT2D eigenvalue weighted by Gasteiger charge is 2.27. The molecule has 0 spiro atoms. The molecule has 1 aliphatic rings. The molecule has 0 aliphatic carbocycles. The molecule has 1 saturated heterocycles. The fourth-order valence-electron chi connectivity index (χ4n) is 3.69. The maximum Gasteiger partial charge on any atom is 0.119 e. The summed E-state index contributed by atoms with van der Waals surface area (Å²) in [7, 11) is 3.91. The number of nitrogens with one attached hydrogen (secondary N) is 1. The summed E-state index contributed by atoms with van der Waals surface area (Å²) in [6.07, 6.45) is 5.91. The number of rotatable bonds is 4. The average molecular weight is 336 g/mol. The zero-order chi connectivity index (χ0) is 17.2. The molecule has 1 aromatic carbocycles. The van der Waals surface area contributed by atoms with Gasteiger partial charge < -0.3 is 14.6 Å². The van der Waals surface area contributed by atoms with E-state index in [0.29, 0.717) is 0 Å². The first kappa shape index (κ1) is 16.1. The molecule has 3 aromatic rings. The van der Waals surface area contributed by atoms with Crippen molar-refractivity contribution in [2.45, 2.75) is 6.04 Å². The molecule has 130 valence electrons. The molecule has 25 heavy (non-hydrogen) atoms. The van der Waals surface area contributed by atoms with Gasteiger partial charge in [-0.15, -0.1) is 0 Å². The van der Waals surface area contributed by atoms with Gasteiger partial charge in [0.15, 0.2) is 0 Å². The minimum absolute atomic E-state index is 0.220. The van der Waals surface area contributed by atoms with Crippen molar-refractivity contribution in [1.82, 2.24) is 19.8 Å². The summed E-state index contributed by atoms with van der Waals surface area (Å²) in [5, 5.41) is 1.22. The molecule has 1 aliphatic heterocycles. The number of fused-ring (bicyclic) bond motifs is 1. The van der Waals surface area contributed by atoms with Gasteiger partial charge in [-0.25, -0.2) is 0 Å². The Morgan fingerprint density at radius 2 is 1.84 bits per heavy atom.